The Bertz CT molecular complexity index is 665. The first kappa shape index (κ1) is 14.1. The van der Waals surface area contributed by atoms with E-state index >= 15 is 0 Å². The Hall–Kier alpha value is -1.88. The minimum absolute atomic E-state index is 0.144. The van der Waals surface area contributed by atoms with Crippen molar-refractivity contribution < 1.29 is 4.79 Å². The highest BCUT2D eigenvalue weighted by Crippen LogP contribution is 2.37. The molecule has 1 unspecified atom stereocenters. The quantitative estimate of drug-likeness (QED) is 0.943. The van der Waals surface area contributed by atoms with Gasteiger partial charge in [0, 0.05) is 18.0 Å². The Morgan fingerprint density at radius 1 is 1.43 bits per heavy atom. The van der Waals surface area contributed by atoms with Crippen LogP contribution >= 0.6 is 11.6 Å². The maximum Gasteiger partial charge on any atom is 0.293 e. The average Bonchev–Trinajstić information content (AvgIpc) is 3.23. The predicted molar refractivity (Wildman–Crippen MR) is 80.3 cm³/mol. The molecule has 1 N–H and O–H groups in total. The molecule has 1 fully saturated rings. The maximum atomic E-state index is 12.5. The van der Waals surface area contributed by atoms with Crippen LogP contribution in [0.4, 0.5) is 0 Å². The Labute approximate surface area is 128 Å². The number of hydrogen-bond acceptors (Lipinski definition) is 3. The van der Waals surface area contributed by atoms with E-state index in [-0.39, 0.29) is 17.8 Å². The van der Waals surface area contributed by atoms with Crippen molar-refractivity contribution in [3.63, 3.8) is 0 Å². The fourth-order valence-corrected chi connectivity index (χ4v) is 2.56. The molecule has 110 valence electrons. The third-order valence-corrected chi connectivity index (χ3v) is 4.26. The lowest BCUT2D eigenvalue weighted by atomic mass is 10.1. The molecule has 1 atom stereocenters. The van der Waals surface area contributed by atoms with Crippen LogP contribution in [0.15, 0.2) is 24.3 Å². The molecule has 1 aromatic heterocycles. The van der Waals surface area contributed by atoms with Gasteiger partial charge in [-0.05, 0) is 31.4 Å². The summed E-state index contributed by atoms with van der Waals surface area (Å²) in [5, 5.41) is 7.55. The highest BCUT2D eigenvalue weighted by molar-refractivity contribution is 6.31. The molecule has 1 saturated carbocycles. The molecule has 5 nitrogen and oxygen atoms in total. The molecule has 1 aromatic carbocycles. The van der Waals surface area contributed by atoms with Gasteiger partial charge in [0.05, 0.1) is 6.04 Å². The Morgan fingerprint density at radius 2 is 2.14 bits per heavy atom. The molecule has 21 heavy (non-hydrogen) atoms. The summed E-state index contributed by atoms with van der Waals surface area (Å²) in [5.41, 5.74) is 0.910. The monoisotopic (exact) mass is 304 g/mol. The van der Waals surface area contributed by atoms with E-state index in [9.17, 15) is 4.79 Å². The number of nitrogens with zero attached hydrogens (tertiary/aromatic N) is 3. The Kier molecular flexibility index (Phi) is 3.68. The highest BCUT2D eigenvalue weighted by atomic mass is 35.5. The number of nitrogens with one attached hydrogen (secondary N) is 1. The van der Waals surface area contributed by atoms with Crippen molar-refractivity contribution in [3.8, 4) is 0 Å². The van der Waals surface area contributed by atoms with Crippen LogP contribution in [0.3, 0.4) is 0 Å². The molecular weight excluding hydrogens is 288 g/mol. The summed E-state index contributed by atoms with van der Waals surface area (Å²) in [5.74, 6) is 1.28. The van der Waals surface area contributed by atoms with Gasteiger partial charge in [0.1, 0.15) is 5.82 Å². The summed E-state index contributed by atoms with van der Waals surface area (Å²) in [6.45, 7) is 1.94. The molecule has 0 radical (unpaired) electrons. The van der Waals surface area contributed by atoms with Crippen LogP contribution in [-0.2, 0) is 0 Å². The standard InChI is InChI=1S/C15H17ClN4O/c1-9(11-5-3-4-6-12(11)16)20(2)15(21)14-17-13(18-19-14)10-7-8-10/h3-6,9-10H,7-8H2,1-2H3,(H,17,18,19). The van der Waals surface area contributed by atoms with Crippen LogP contribution < -0.4 is 0 Å². The first-order valence-electron chi connectivity index (χ1n) is 7.02. The van der Waals surface area contributed by atoms with Crippen LogP contribution in [0.25, 0.3) is 0 Å². The number of rotatable bonds is 4. The van der Waals surface area contributed by atoms with Crippen LogP contribution in [0.5, 0.6) is 0 Å². The molecule has 1 aliphatic carbocycles. The highest BCUT2D eigenvalue weighted by Gasteiger charge is 2.29. The van der Waals surface area contributed by atoms with Crippen molar-refractivity contribution in [2.75, 3.05) is 7.05 Å². The summed E-state index contributed by atoms with van der Waals surface area (Å²) in [7, 11) is 1.74. The molecule has 1 heterocycles. The fourth-order valence-electron chi connectivity index (χ4n) is 2.27. The van der Waals surface area contributed by atoms with Crippen LogP contribution in [0.1, 0.15) is 53.7 Å². The van der Waals surface area contributed by atoms with Crippen molar-refractivity contribution in [1.29, 1.82) is 0 Å². The first-order valence-corrected chi connectivity index (χ1v) is 7.39. The predicted octanol–water partition coefficient (Wildman–Crippen LogP) is 3.17. The van der Waals surface area contributed by atoms with Gasteiger partial charge in [-0.15, -0.1) is 5.10 Å². The molecule has 1 aliphatic rings. The van der Waals surface area contributed by atoms with Gasteiger partial charge in [-0.2, -0.15) is 0 Å². The van der Waals surface area contributed by atoms with Crippen molar-refractivity contribution >= 4 is 17.5 Å². The second kappa shape index (κ2) is 5.48. The van der Waals surface area contributed by atoms with Crippen molar-refractivity contribution in [1.82, 2.24) is 20.1 Å². The number of H-pyrrole nitrogens is 1. The van der Waals surface area contributed by atoms with E-state index in [2.05, 4.69) is 15.2 Å². The van der Waals surface area contributed by atoms with Gasteiger partial charge in [0.25, 0.3) is 5.91 Å². The zero-order valence-corrected chi connectivity index (χ0v) is 12.8. The topological polar surface area (TPSA) is 61.9 Å². The Morgan fingerprint density at radius 3 is 2.81 bits per heavy atom. The van der Waals surface area contributed by atoms with Gasteiger partial charge >= 0.3 is 0 Å². The molecule has 0 aliphatic heterocycles. The number of benzene rings is 1. The lowest BCUT2D eigenvalue weighted by Crippen LogP contribution is -2.30. The van der Waals surface area contributed by atoms with Gasteiger partial charge in [-0.3, -0.25) is 9.89 Å². The zero-order valence-electron chi connectivity index (χ0n) is 12.0. The number of carbonyl (C=O) groups is 1. The number of amides is 1. The van der Waals surface area contributed by atoms with Crippen molar-refractivity contribution in [3.05, 3.63) is 46.5 Å². The van der Waals surface area contributed by atoms with Gasteiger partial charge in [-0.25, -0.2) is 4.98 Å². The third kappa shape index (κ3) is 2.78. The molecule has 3 rings (SSSR count). The number of hydrogen-bond donors (Lipinski definition) is 1. The summed E-state index contributed by atoms with van der Waals surface area (Å²) >= 11 is 6.19. The second-order valence-electron chi connectivity index (χ2n) is 5.43. The zero-order chi connectivity index (χ0) is 15.0. The van der Waals surface area contributed by atoms with E-state index in [1.54, 1.807) is 11.9 Å². The van der Waals surface area contributed by atoms with E-state index in [0.717, 1.165) is 24.2 Å². The number of aromatic nitrogens is 3. The second-order valence-corrected chi connectivity index (χ2v) is 5.84. The molecule has 0 spiro atoms. The SMILES string of the molecule is CC(c1ccccc1Cl)N(C)C(=O)c1n[nH]c(C2CC2)n1. The van der Waals surface area contributed by atoms with Gasteiger partial charge < -0.3 is 4.90 Å². The van der Waals surface area contributed by atoms with Crippen molar-refractivity contribution in [2.45, 2.75) is 31.7 Å². The summed E-state index contributed by atoms with van der Waals surface area (Å²) < 4.78 is 0. The lowest BCUT2D eigenvalue weighted by Gasteiger charge is -2.24. The fraction of sp³-hybridized carbons (Fsp3) is 0.400. The lowest BCUT2D eigenvalue weighted by molar-refractivity contribution is 0.0730. The molecule has 6 heteroatoms. The minimum Gasteiger partial charge on any atom is -0.332 e. The van der Waals surface area contributed by atoms with E-state index < -0.39 is 0 Å². The van der Waals surface area contributed by atoms with E-state index in [1.165, 1.54) is 0 Å². The van der Waals surface area contributed by atoms with Gasteiger partial charge in [0.15, 0.2) is 0 Å². The number of carbonyl (C=O) groups excluding carboxylic acids is 1. The smallest absolute Gasteiger partial charge is 0.293 e. The van der Waals surface area contributed by atoms with E-state index in [1.807, 2.05) is 31.2 Å². The maximum absolute atomic E-state index is 12.5. The number of aromatic amines is 1. The van der Waals surface area contributed by atoms with Gasteiger partial charge in [-0.1, -0.05) is 29.8 Å². The van der Waals surface area contributed by atoms with Crippen molar-refractivity contribution in [2.24, 2.45) is 0 Å². The summed E-state index contributed by atoms with van der Waals surface area (Å²) in [6.07, 6.45) is 2.24. The summed E-state index contributed by atoms with van der Waals surface area (Å²) in [4.78, 5) is 18.4. The largest absolute Gasteiger partial charge is 0.332 e. The Balaban J connectivity index is 1.78. The molecule has 1 amide bonds. The normalized spacial score (nSPS) is 15.8. The summed E-state index contributed by atoms with van der Waals surface area (Å²) in [6, 6.07) is 7.38. The minimum atomic E-state index is -0.203. The van der Waals surface area contributed by atoms with E-state index in [0.29, 0.717) is 10.9 Å². The van der Waals surface area contributed by atoms with Crippen LogP contribution in [0, 0.1) is 0 Å². The average molecular weight is 305 g/mol. The van der Waals surface area contributed by atoms with Crippen LogP contribution in [-0.4, -0.2) is 33.0 Å². The molecular formula is C15H17ClN4O. The third-order valence-electron chi connectivity index (χ3n) is 3.91. The molecule has 0 saturated heterocycles. The first-order chi connectivity index (χ1) is 10.1. The number of halogens is 1. The molecule has 0 bridgehead atoms. The van der Waals surface area contributed by atoms with E-state index in [4.69, 9.17) is 11.6 Å². The molecule has 2 aromatic rings. The van der Waals surface area contributed by atoms with Crippen LogP contribution in [0.2, 0.25) is 5.02 Å². The van der Waals surface area contributed by atoms with Gasteiger partial charge in [0.2, 0.25) is 5.82 Å².